The summed E-state index contributed by atoms with van der Waals surface area (Å²) in [4.78, 5) is 15.4. The molecule has 0 saturated heterocycles. The van der Waals surface area contributed by atoms with Crippen molar-refractivity contribution >= 4 is 45.1 Å². The van der Waals surface area contributed by atoms with Gasteiger partial charge in [-0.05, 0) is 45.2 Å². The Balaban J connectivity index is 1.98. The third-order valence-electron chi connectivity index (χ3n) is 3.19. The highest BCUT2D eigenvalue weighted by molar-refractivity contribution is 9.10. The van der Waals surface area contributed by atoms with E-state index < -0.39 is 4.92 Å². The van der Waals surface area contributed by atoms with Crippen molar-refractivity contribution in [3.63, 3.8) is 0 Å². The van der Waals surface area contributed by atoms with Gasteiger partial charge in [-0.3, -0.25) is 10.1 Å². The van der Waals surface area contributed by atoms with Crippen LogP contribution in [-0.2, 0) is 0 Å². The fourth-order valence-electron chi connectivity index (χ4n) is 2.08. The minimum Gasteiger partial charge on any atom is -0.710 e. The molecule has 0 fully saturated rings. The smallest absolute Gasteiger partial charge is 0.333 e. The maximum Gasteiger partial charge on any atom is 0.333 e. The molecular weight excluding hydrogens is 394 g/mol. The van der Waals surface area contributed by atoms with Crippen molar-refractivity contribution < 1.29 is 9.65 Å². The van der Waals surface area contributed by atoms with E-state index in [1.165, 1.54) is 24.4 Å². The first-order valence-corrected chi connectivity index (χ1v) is 8.47. The maximum atomic E-state index is 12.5. The number of halogens is 1. The molecule has 0 amide bonds. The molecule has 1 aromatic carbocycles. The predicted octanol–water partition coefficient (Wildman–Crippen LogP) is 4.28. The van der Waals surface area contributed by atoms with E-state index in [1.807, 2.05) is 17.5 Å². The van der Waals surface area contributed by atoms with E-state index in [-0.39, 0.29) is 11.5 Å². The van der Waals surface area contributed by atoms with Crippen molar-refractivity contribution in [3.05, 3.63) is 78.3 Å². The molecule has 0 atom stereocenters. The van der Waals surface area contributed by atoms with Gasteiger partial charge in [-0.15, -0.1) is 11.3 Å². The van der Waals surface area contributed by atoms with Crippen LogP contribution in [0.5, 0.6) is 0 Å². The zero-order chi connectivity index (χ0) is 17.1. The number of hydrogen-bond acceptors (Lipinski definition) is 5. The molecule has 0 bridgehead atoms. The molecule has 0 aliphatic heterocycles. The normalized spacial score (nSPS) is 11.0. The van der Waals surface area contributed by atoms with Crippen molar-refractivity contribution in [2.24, 2.45) is 0 Å². The van der Waals surface area contributed by atoms with Crippen molar-refractivity contribution in [1.82, 2.24) is 4.98 Å². The van der Waals surface area contributed by atoms with Gasteiger partial charge in [-0.1, -0.05) is 6.07 Å². The molecule has 3 aromatic rings. The lowest BCUT2D eigenvalue weighted by molar-refractivity contribution is -0.598. The van der Waals surface area contributed by atoms with Crippen LogP contribution in [0.2, 0.25) is 0 Å². The second kappa shape index (κ2) is 6.90. The number of nitro groups is 1. The number of benzene rings is 1. The average Bonchev–Trinajstić information content (AvgIpc) is 2.99. The summed E-state index contributed by atoms with van der Waals surface area (Å²) < 4.78 is 1.65. The summed E-state index contributed by atoms with van der Waals surface area (Å²) in [5, 5.41) is 25.3. The lowest BCUT2D eigenvalue weighted by Gasteiger charge is -2.08. The molecule has 0 aliphatic rings. The van der Waals surface area contributed by atoms with Gasteiger partial charge in [-0.2, -0.15) is 0 Å². The van der Waals surface area contributed by atoms with E-state index in [4.69, 9.17) is 0 Å². The minimum atomic E-state index is -0.503. The molecular formula is C16H10BrN3O3S. The molecule has 120 valence electrons. The Morgan fingerprint density at radius 3 is 2.79 bits per heavy atom. The Kier molecular flexibility index (Phi) is 4.68. The molecule has 0 N–H and O–H groups in total. The van der Waals surface area contributed by atoms with Crippen LogP contribution in [0.4, 0.5) is 5.69 Å². The maximum absolute atomic E-state index is 12.5. The molecule has 2 aromatic heterocycles. The second-order valence-corrected chi connectivity index (χ2v) is 6.65. The molecule has 0 unspecified atom stereocenters. The van der Waals surface area contributed by atoms with E-state index in [1.54, 1.807) is 29.5 Å². The summed E-state index contributed by atoms with van der Waals surface area (Å²) in [5.41, 5.74) is 0.711. The predicted molar refractivity (Wildman–Crippen MR) is 96.2 cm³/mol. The van der Waals surface area contributed by atoms with Crippen LogP contribution in [0.15, 0.2) is 52.4 Å². The molecule has 0 saturated carbocycles. The molecule has 3 rings (SSSR count). The highest BCUT2D eigenvalue weighted by Crippen LogP contribution is 2.22. The largest absolute Gasteiger partial charge is 0.710 e. The minimum absolute atomic E-state index is 0.0846. The van der Waals surface area contributed by atoms with Gasteiger partial charge in [0.1, 0.15) is 11.9 Å². The van der Waals surface area contributed by atoms with Crippen LogP contribution in [-0.4, -0.2) is 9.91 Å². The zero-order valence-electron chi connectivity index (χ0n) is 12.1. The number of nitrogens with zero attached hydrogens (tertiary/aromatic N) is 3. The van der Waals surface area contributed by atoms with E-state index in [0.717, 1.165) is 9.35 Å². The van der Waals surface area contributed by atoms with Crippen molar-refractivity contribution in [1.29, 1.82) is 0 Å². The van der Waals surface area contributed by atoms with Crippen LogP contribution in [0, 0.1) is 15.3 Å². The molecule has 24 heavy (non-hydrogen) atoms. The highest BCUT2D eigenvalue weighted by atomic mass is 79.9. The fraction of sp³-hybridized carbons (Fsp3) is 0. The first-order chi connectivity index (χ1) is 11.5. The van der Waals surface area contributed by atoms with Crippen molar-refractivity contribution in [3.8, 4) is 11.4 Å². The fourth-order valence-corrected chi connectivity index (χ4v) is 3.42. The number of hydrogen-bond donors (Lipinski definition) is 0. The Morgan fingerprint density at radius 1 is 1.25 bits per heavy atom. The van der Waals surface area contributed by atoms with E-state index in [2.05, 4.69) is 20.9 Å². The number of rotatable bonds is 4. The first kappa shape index (κ1) is 16.3. The third kappa shape index (κ3) is 3.50. The van der Waals surface area contributed by atoms with Crippen LogP contribution in [0.1, 0.15) is 10.6 Å². The first-order valence-electron chi connectivity index (χ1n) is 6.80. The van der Waals surface area contributed by atoms with Gasteiger partial charge < -0.3 is 5.21 Å². The Hall–Kier alpha value is -2.58. The summed E-state index contributed by atoms with van der Waals surface area (Å²) in [6.07, 6.45) is 5.02. The summed E-state index contributed by atoms with van der Waals surface area (Å²) in [7, 11) is 0. The van der Waals surface area contributed by atoms with Gasteiger partial charge in [0, 0.05) is 32.9 Å². The molecule has 2 heterocycles. The molecule has 0 radical (unpaired) electrons. The molecule has 0 aliphatic carbocycles. The van der Waals surface area contributed by atoms with Gasteiger partial charge in [-0.25, -0.2) is 4.73 Å². The van der Waals surface area contributed by atoms with E-state index in [9.17, 15) is 15.3 Å². The van der Waals surface area contributed by atoms with Crippen molar-refractivity contribution in [2.45, 2.75) is 0 Å². The van der Waals surface area contributed by atoms with Crippen LogP contribution >= 0.6 is 27.3 Å². The Morgan fingerprint density at radius 2 is 2.08 bits per heavy atom. The standard InChI is InChI=1S/C16H10BrN3O3S/c17-12-9-15(24-10-12)5-4-13-6-7-18-16(19(13)21)11-2-1-3-14(8-11)20(22)23/h1-10H/b5-4-. The summed E-state index contributed by atoms with van der Waals surface area (Å²) in [6.45, 7) is 0. The number of non-ortho nitro benzene ring substituents is 1. The summed E-state index contributed by atoms with van der Waals surface area (Å²) in [5.74, 6) is 0.119. The molecule has 0 spiro atoms. The monoisotopic (exact) mass is 403 g/mol. The lowest BCUT2D eigenvalue weighted by atomic mass is 10.2. The second-order valence-electron chi connectivity index (χ2n) is 4.80. The third-order valence-corrected chi connectivity index (χ3v) is 4.85. The topological polar surface area (TPSA) is 83.0 Å². The van der Waals surface area contributed by atoms with Gasteiger partial charge in [0.05, 0.1) is 10.5 Å². The average molecular weight is 404 g/mol. The number of aromatic nitrogens is 2. The van der Waals surface area contributed by atoms with Crippen molar-refractivity contribution in [2.75, 3.05) is 0 Å². The molecule has 8 heteroatoms. The molecule has 6 nitrogen and oxygen atoms in total. The van der Waals surface area contributed by atoms with Gasteiger partial charge in [0.15, 0.2) is 0 Å². The highest BCUT2D eigenvalue weighted by Gasteiger charge is 2.16. The number of nitro benzene ring substituents is 1. The van der Waals surface area contributed by atoms with Crippen LogP contribution in [0.3, 0.4) is 0 Å². The Bertz CT molecular complexity index is 940. The van der Waals surface area contributed by atoms with Gasteiger partial charge >= 0.3 is 5.82 Å². The summed E-state index contributed by atoms with van der Waals surface area (Å²) in [6, 6.07) is 9.39. The van der Waals surface area contributed by atoms with Crippen LogP contribution in [0.25, 0.3) is 23.5 Å². The van der Waals surface area contributed by atoms with E-state index in [0.29, 0.717) is 16.0 Å². The lowest BCUT2D eigenvalue weighted by Crippen LogP contribution is -2.33. The number of thiophene rings is 1. The SMILES string of the molecule is O=[N+]([O-])c1cccc(-c2nccc(/C=C\c3cc(Br)cs3)[n+]2[O-])c1. The van der Waals surface area contributed by atoms with Crippen LogP contribution < -0.4 is 4.73 Å². The quantitative estimate of drug-likeness (QED) is 0.281. The zero-order valence-corrected chi connectivity index (χ0v) is 14.5. The van der Waals surface area contributed by atoms with Gasteiger partial charge in [0.2, 0.25) is 0 Å². The summed E-state index contributed by atoms with van der Waals surface area (Å²) >= 11 is 4.92. The van der Waals surface area contributed by atoms with E-state index >= 15 is 0 Å². The van der Waals surface area contributed by atoms with Gasteiger partial charge in [0.25, 0.3) is 5.69 Å². The Labute approximate surface area is 149 Å².